The van der Waals surface area contributed by atoms with Crippen LogP contribution < -0.4 is 5.32 Å². The molecule has 0 saturated heterocycles. The van der Waals surface area contributed by atoms with Gasteiger partial charge in [-0.25, -0.2) is 13.2 Å². The summed E-state index contributed by atoms with van der Waals surface area (Å²) in [5.74, 6) is -0.842. The van der Waals surface area contributed by atoms with Crippen molar-refractivity contribution in [2.75, 3.05) is 0 Å². The van der Waals surface area contributed by atoms with E-state index in [9.17, 15) is 18.0 Å². The van der Waals surface area contributed by atoms with Gasteiger partial charge < -0.3 is 5.32 Å². The highest BCUT2D eigenvalue weighted by Crippen LogP contribution is 2.29. The fraction of sp³-hybridized carbons (Fsp3) is 0.0667. The number of imide groups is 1. The number of nitrogens with zero attached hydrogens (tertiary/aromatic N) is 1. The number of hydrogen-bond donors (Lipinski definition) is 1. The lowest BCUT2D eigenvalue weighted by Crippen LogP contribution is -2.43. The molecule has 8 heteroatoms. The van der Waals surface area contributed by atoms with Crippen molar-refractivity contribution in [2.24, 2.45) is 0 Å². The standard InChI is InChI=1S/C15H11BrN2O4S/c16-12-7-3-1-5-10(12)9-17-15(20)18-14(19)11-6-2-4-8-13(11)23(18,21)22/h1-8H,9H2,(H,17,20). The Morgan fingerprint density at radius 2 is 1.74 bits per heavy atom. The summed E-state index contributed by atoms with van der Waals surface area (Å²) < 4.78 is 25.7. The van der Waals surface area contributed by atoms with Crippen molar-refractivity contribution in [3.05, 3.63) is 64.1 Å². The van der Waals surface area contributed by atoms with Gasteiger partial charge in [0.15, 0.2) is 0 Å². The molecule has 6 nitrogen and oxygen atoms in total. The number of benzene rings is 2. The molecule has 0 aliphatic carbocycles. The van der Waals surface area contributed by atoms with Gasteiger partial charge in [-0.05, 0) is 23.8 Å². The Morgan fingerprint density at radius 3 is 2.43 bits per heavy atom. The quantitative estimate of drug-likeness (QED) is 0.847. The number of sulfonamides is 1. The highest BCUT2D eigenvalue weighted by molar-refractivity contribution is 9.10. The van der Waals surface area contributed by atoms with Gasteiger partial charge in [-0.2, -0.15) is 0 Å². The van der Waals surface area contributed by atoms with Gasteiger partial charge >= 0.3 is 6.03 Å². The summed E-state index contributed by atoms with van der Waals surface area (Å²) in [6.07, 6.45) is 0. The molecule has 1 N–H and O–H groups in total. The minimum absolute atomic E-state index is 0.00328. The monoisotopic (exact) mass is 394 g/mol. The van der Waals surface area contributed by atoms with Crippen LogP contribution in [0.4, 0.5) is 4.79 Å². The van der Waals surface area contributed by atoms with Crippen LogP contribution in [0.1, 0.15) is 15.9 Å². The number of carbonyl (C=O) groups excluding carboxylic acids is 2. The number of hydrogen-bond acceptors (Lipinski definition) is 4. The average Bonchev–Trinajstić information content (AvgIpc) is 2.73. The average molecular weight is 395 g/mol. The van der Waals surface area contributed by atoms with Crippen LogP contribution in [-0.2, 0) is 16.6 Å². The number of amides is 3. The summed E-state index contributed by atoms with van der Waals surface area (Å²) in [4.78, 5) is 24.3. The number of urea groups is 1. The van der Waals surface area contributed by atoms with Gasteiger partial charge in [0.05, 0.1) is 5.56 Å². The molecule has 1 heterocycles. The largest absolute Gasteiger partial charge is 0.339 e. The molecular formula is C15H11BrN2O4S. The van der Waals surface area contributed by atoms with Crippen LogP contribution in [0.25, 0.3) is 0 Å². The number of carbonyl (C=O) groups is 2. The van der Waals surface area contributed by atoms with Crippen LogP contribution in [0.3, 0.4) is 0 Å². The Bertz CT molecular complexity index is 911. The fourth-order valence-corrected chi connectivity index (χ4v) is 4.18. The molecule has 0 radical (unpaired) electrons. The summed E-state index contributed by atoms with van der Waals surface area (Å²) in [6, 6.07) is 12.0. The topological polar surface area (TPSA) is 83.6 Å². The second-order valence-electron chi connectivity index (χ2n) is 4.82. The van der Waals surface area contributed by atoms with E-state index in [1.165, 1.54) is 18.2 Å². The summed E-state index contributed by atoms with van der Waals surface area (Å²) in [5.41, 5.74) is 0.769. The molecule has 1 aliphatic heterocycles. The third kappa shape index (κ3) is 2.64. The van der Waals surface area contributed by atoms with E-state index in [1.54, 1.807) is 24.3 Å². The molecular weight excluding hydrogens is 384 g/mol. The lowest BCUT2D eigenvalue weighted by molar-refractivity contribution is 0.0893. The highest BCUT2D eigenvalue weighted by atomic mass is 79.9. The Hall–Kier alpha value is -2.19. The number of rotatable bonds is 2. The second kappa shape index (κ2) is 5.78. The van der Waals surface area contributed by atoms with E-state index in [0.29, 0.717) is 0 Å². The van der Waals surface area contributed by atoms with Gasteiger partial charge in [-0.3, -0.25) is 4.79 Å². The van der Waals surface area contributed by atoms with E-state index in [-0.39, 0.29) is 21.3 Å². The Kier molecular flexibility index (Phi) is 3.95. The van der Waals surface area contributed by atoms with Crippen LogP contribution >= 0.6 is 15.9 Å². The maximum Gasteiger partial charge on any atom is 0.339 e. The van der Waals surface area contributed by atoms with E-state index in [1.807, 2.05) is 6.07 Å². The Morgan fingerprint density at radius 1 is 1.09 bits per heavy atom. The van der Waals surface area contributed by atoms with Crippen LogP contribution in [0.5, 0.6) is 0 Å². The van der Waals surface area contributed by atoms with Gasteiger partial charge in [-0.1, -0.05) is 46.3 Å². The SMILES string of the molecule is O=C(NCc1ccccc1Br)N1C(=O)c2ccccc2S1(=O)=O. The first-order valence-electron chi connectivity index (χ1n) is 6.63. The number of fused-ring (bicyclic) bond motifs is 1. The zero-order valence-electron chi connectivity index (χ0n) is 11.7. The normalized spacial score (nSPS) is 15.3. The molecule has 0 atom stereocenters. The molecule has 2 aromatic rings. The second-order valence-corrected chi connectivity index (χ2v) is 7.43. The molecule has 2 aromatic carbocycles. The minimum atomic E-state index is -4.15. The van der Waals surface area contributed by atoms with Crippen molar-refractivity contribution in [3.8, 4) is 0 Å². The smallest absolute Gasteiger partial charge is 0.333 e. The molecule has 118 valence electrons. The molecule has 0 saturated carbocycles. The maximum atomic E-state index is 12.3. The van der Waals surface area contributed by atoms with E-state index >= 15 is 0 Å². The van der Waals surface area contributed by atoms with E-state index < -0.39 is 22.0 Å². The predicted molar refractivity (Wildman–Crippen MR) is 86.2 cm³/mol. The molecule has 3 rings (SSSR count). The first-order chi connectivity index (χ1) is 10.9. The van der Waals surface area contributed by atoms with E-state index in [0.717, 1.165) is 10.0 Å². The first-order valence-corrected chi connectivity index (χ1v) is 8.86. The summed E-state index contributed by atoms with van der Waals surface area (Å²) in [7, 11) is -4.15. The molecule has 0 unspecified atom stereocenters. The third-order valence-electron chi connectivity index (χ3n) is 3.39. The van der Waals surface area contributed by atoms with Crippen molar-refractivity contribution < 1.29 is 18.0 Å². The zero-order valence-corrected chi connectivity index (χ0v) is 14.1. The molecule has 0 spiro atoms. The highest BCUT2D eigenvalue weighted by Gasteiger charge is 2.45. The molecule has 0 bridgehead atoms. The number of nitrogens with one attached hydrogen (secondary N) is 1. The molecule has 1 aliphatic rings. The van der Waals surface area contributed by atoms with Gasteiger partial charge in [0.1, 0.15) is 4.90 Å². The van der Waals surface area contributed by atoms with Crippen molar-refractivity contribution >= 4 is 37.9 Å². The van der Waals surface area contributed by atoms with Crippen molar-refractivity contribution in [3.63, 3.8) is 0 Å². The number of halogens is 1. The van der Waals surface area contributed by atoms with Crippen LogP contribution in [0.15, 0.2) is 57.9 Å². The summed E-state index contributed by atoms with van der Waals surface area (Å²) >= 11 is 3.34. The molecule has 23 heavy (non-hydrogen) atoms. The predicted octanol–water partition coefficient (Wildman–Crippen LogP) is 2.50. The van der Waals surface area contributed by atoms with Crippen molar-refractivity contribution in [1.29, 1.82) is 0 Å². The van der Waals surface area contributed by atoms with Crippen molar-refractivity contribution in [1.82, 2.24) is 9.62 Å². The van der Waals surface area contributed by atoms with E-state index in [2.05, 4.69) is 21.2 Å². The molecule has 0 aromatic heterocycles. The van der Waals surface area contributed by atoms with Gasteiger partial charge in [0.2, 0.25) is 0 Å². The summed E-state index contributed by atoms with van der Waals surface area (Å²) in [6.45, 7) is 0.0932. The lowest BCUT2D eigenvalue weighted by atomic mass is 10.2. The maximum absolute atomic E-state index is 12.3. The Balaban J connectivity index is 1.84. The third-order valence-corrected chi connectivity index (χ3v) is 5.89. The molecule has 3 amide bonds. The van der Waals surface area contributed by atoms with Gasteiger partial charge in [-0.15, -0.1) is 4.31 Å². The van der Waals surface area contributed by atoms with Gasteiger partial charge in [0.25, 0.3) is 15.9 Å². The van der Waals surface area contributed by atoms with Crippen molar-refractivity contribution in [2.45, 2.75) is 11.4 Å². The first kappa shape index (κ1) is 15.7. The van der Waals surface area contributed by atoms with Crippen LogP contribution in [0.2, 0.25) is 0 Å². The molecule has 0 fully saturated rings. The van der Waals surface area contributed by atoms with E-state index in [4.69, 9.17) is 0 Å². The van der Waals surface area contributed by atoms with Gasteiger partial charge in [0, 0.05) is 11.0 Å². The van der Waals surface area contributed by atoms with Crippen LogP contribution in [-0.4, -0.2) is 24.7 Å². The Labute approximate surface area is 141 Å². The fourth-order valence-electron chi connectivity index (χ4n) is 2.27. The van der Waals surface area contributed by atoms with Crippen LogP contribution in [0, 0.1) is 0 Å². The summed E-state index contributed by atoms with van der Waals surface area (Å²) in [5, 5.41) is 2.46. The zero-order chi connectivity index (χ0) is 16.6. The lowest BCUT2D eigenvalue weighted by Gasteiger charge is -2.14. The minimum Gasteiger partial charge on any atom is -0.333 e.